The molecule has 6 nitrogen and oxygen atoms in total. The summed E-state index contributed by atoms with van der Waals surface area (Å²) in [5.41, 5.74) is 0.747. The van der Waals surface area contributed by atoms with E-state index >= 15 is 0 Å². The Balaban J connectivity index is 2.18. The van der Waals surface area contributed by atoms with Crippen LogP contribution in [0.2, 0.25) is 0 Å². The van der Waals surface area contributed by atoms with E-state index in [1.165, 1.54) is 14.0 Å². The van der Waals surface area contributed by atoms with Gasteiger partial charge in [-0.2, -0.15) is 0 Å². The Morgan fingerprint density at radius 1 is 1.07 bits per heavy atom. The predicted molar refractivity (Wildman–Crippen MR) is 95.5 cm³/mol. The molecule has 0 aliphatic carbocycles. The first-order chi connectivity index (χ1) is 12.8. The molecule has 0 saturated carbocycles. The molecule has 0 saturated heterocycles. The van der Waals surface area contributed by atoms with Crippen LogP contribution in [0.25, 0.3) is 0 Å². The average molecular weight is 376 g/mol. The predicted octanol–water partition coefficient (Wildman–Crippen LogP) is 3.15. The van der Waals surface area contributed by atoms with Gasteiger partial charge in [0.2, 0.25) is 5.91 Å². The fourth-order valence-corrected chi connectivity index (χ4v) is 2.27. The second kappa shape index (κ2) is 8.88. The summed E-state index contributed by atoms with van der Waals surface area (Å²) in [5, 5.41) is 5.15. The molecule has 0 spiro atoms. The quantitative estimate of drug-likeness (QED) is 0.573. The van der Waals surface area contributed by atoms with Crippen LogP contribution in [0.1, 0.15) is 23.7 Å². The number of carbonyl (C=O) groups is 3. The Kier molecular flexibility index (Phi) is 6.59. The van der Waals surface area contributed by atoms with E-state index in [-0.39, 0.29) is 17.9 Å². The van der Waals surface area contributed by atoms with Crippen LogP contribution in [-0.2, 0) is 14.3 Å². The van der Waals surface area contributed by atoms with Crippen LogP contribution in [0, 0.1) is 11.6 Å². The van der Waals surface area contributed by atoms with E-state index in [1.807, 2.05) is 0 Å². The number of benzene rings is 2. The molecule has 1 amide bonds. The highest BCUT2D eigenvalue weighted by molar-refractivity contribution is 5.99. The lowest BCUT2D eigenvalue weighted by Crippen LogP contribution is -2.37. The number of anilines is 2. The zero-order valence-electron chi connectivity index (χ0n) is 14.7. The smallest absolute Gasteiger partial charge is 0.308 e. The van der Waals surface area contributed by atoms with Gasteiger partial charge in [0.1, 0.15) is 17.7 Å². The molecule has 27 heavy (non-hydrogen) atoms. The molecule has 0 bridgehead atoms. The third-order valence-corrected chi connectivity index (χ3v) is 3.74. The second-order valence-corrected chi connectivity index (χ2v) is 5.72. The Bertz CT molecular complexity index is 853. The molecule has 8 heteroatoms. The highest BCUT2D eigenvalue weighted by Gasteiger charge is 2.23. The van der Waals surface area contributed by atoms with Crippen molar-refractivity contribution in [3.63, 3.8) is 0 Å². The van der Waals surface area contributed by atoms with E-state index in [0.29, 0.717) is 17.3 Å². The first kappa shape index (κ1) is 20.0. The van der Waals surface area contributed by atoms with E-state index in [4.69, 9.17) is 0 Å². The van der Waals surface area contributed by atoms with Crippen LogP contribution in [0.15, 0.2) is 42.5 Å². The van der Waals surface area contributed by atoms with Gasteiger partial charge in [0, 0.05) is 17.3 Å². The summed E-state index contributed by atoms with van der Waals surface area (Å²) in [5.74, 6) is -3.19. The minimum Gasteiger partial charge on any atom is -0.469 e. The maximum Gasteiger partial charge on any atom is 0.308 e. The molecule has 0 aliphatic heterocycles. The minimum absolute atomic E-state index is 0.114. The second-order valence-electron chi connectivity index (χ2n) is 5.72. The van der Waals surface area contributed by atoms with Crippen LogP contribution >= 0.6 is 0 Å². The highest BCUT2D eigenvalue weighted by Crippen LogP contribution is 2.17. The Labute approximate surface area is 154 Å². The van der Waals surface area contributed by atoms with Crippen molar-refractivity contribution in [2.45, 2.75) is 19.4 Å². The van der Waals surface area contributed by atoms with Crippen molar-refractivity contribution in [2.75, 3.05) is 17.7 Å². The number of halogens is 2. The number of Topliss-reactive ketones (excluding diaryl/α,β-unsaturated/α-hetero) is 1. The number of nitrogens with one attached hydrogen (secondary N) is 2. The standard InChI is InChI=1S/C19H18F2N2O4/c1-11(24)12-3-6-14(7-4-12)22-17(10-18(25)27-2)19(26)23-16-8-5-13(20)9-15(16)21/h3-9,17,22H,10H2,1-2H3,(H,23,26)/t17-/m1/s1. The van der Waals surface area contributed by atoms with Crippen LogP contribution in [0.4, 0.5) is 20.2 Å². The van der Waals surface area contributed by atoms with Gasteiger partial charge in [-0.1, -0.05) is 0 Å². The molecule has 2 aromatic rings. The van der Waals surface area contributed by atoms with Crippen molar-refractivity contribution in [1.82, 2.24) is 0 Å². The third kappa shape index (κ3) is 5.60. The molecule has 0 radical (unpaired) electrons. The number of ketones is 1. The van der Waals surface area contributed by atoms with E-state index in [9.17, 15) is 23.2 Å². The maximum atomic E-state index is 13.8. The number of ether oxygens (including phenoxy) is 1. The molecule has 2 rings (SSSR count). The minimum atomic E-state index is -1.08. The molecule has 2 aromatic carbocycles. The number of hydrogen-bond donors (Lipinski definition) is 2. The molecular weight excluding hydrogens is 358 g/mol. The number of amides is 1. The molecular formula is C19H18F2N2O4. The lowest BCUT2D eigenvalue weighted by Gasteiger charge is -2.19. The van der Waals surface area contributed by atoms with E-state index in [1.54, 1.807) is 24.3 Å². The number of esters is 1. The molecule has 1 atom stereocenters. The van der Waals surface area contributed by atoms with Crippen molar-refractivity contribution in [3.8, 4) is 0 Å². The Hall–Kier alpha value is -3.29. The van der Waals surface area contributed by atoms with Crippen molar-refractivity contribution in [2.24, 2.45) is 0 Å². The highest BCUT2D eigenvalue weighted by atomic mass is 19.1. The van der Waals surface area contributed by atoms with E-state index in [2.05, 4.69) is 15.4 Å². The van der Waals surface area contributed by atoms with Crippen LogP contribution in [-0.4, -0.2) is 30.8 Å². The lowest BCUT2D eigenvalue weighted by molar-refractivity contribution is -0.142. The lowest BCUT2D eigenvalue weighted by atomic mass is 10.1. The summed E-state index contributed by atoms with van der Waals surface area (Å²) in [7, 11) is 1.18. The molecule has 0 fully saturated rings. The molecule has 0 unspecified atom stereocenters. The van der Waals surface area contributed by atoms with Gasteiger partial charge < -0.3 is 15.4 Å². The SMILES string of the molecule is COC(=O)C[C@@H](Nc1ccc(C(C)=O)cc1)C(=O)Nc1ccc(F)cc1F. The molecule has 0 aliphatic rings. The van der Waals surface area contributed by atoms with Crippen molar-refractivity contribution in [1.29, 1.82) is 0 Å². The van der Waals surface area contributed by atoms with Crippen molar-refractivity contribution in [3.05, 3.63) is 59.7 Å². The van der Waals surface area contributed by atoms with Gasteiger partial charge in [0.05, 0.1) is 19.2 Å². The summed E-state index contributed by atoms with van der Waals surface area (Å²) in [6, 6.07) is 7.93. The van der Waals surface area contributed by atoms with Crippen molar-refractivity contribution < 1.29 is 27.9 Å². The number of carbonyl (C=O) groups excluding carboxylic acids is 3. The van der Waals surface area contributed by atoms with Crippen LogP contribution in [0.5, 0.6) is 0 Å². The number of methoxy groups -OCH3 is 1. The topological polar surface area (TPSA) is 84.5 Å². The fourth-order valence-electron chi connectivity index (χ4n) is 2.27. The van der Waals surface area contributed by atoms with Crippen molar-refractivity contribution >= 4 is 29.0 Å². The summed E-state index contributed by atoms with van der Waals surface area (Å²) in [4.78, 5) is 35.4. The zero-order chi connectivity index (χ0) is 20.0. The molecule has 2 N–H and O–H groups in total. The zero-order valence-corrected chi connectivity index (χ0v) is 14.7. The summed E-state index contributed by atoms with van der Waals surface area (Å²) in [6.07, 6.45) is -0.320. The van der Waals surface area contributed by atoms with Crippen LogP contribution < -0.4 is 10.6 Å². The number of rotatable bonds is 7. The Morgan fingerprint density at radius 2 is 1.74 bits per heavy atom. The molecule has 0 heterocycles. The average Bonchev–Trinajstić information content (AvgIpc) is 2.63. The first-order valence-corrected chi connectivity index (χ1v) is 8.00. The van der Waals surface area contributed by atoms with Gasteiger partial charge in [0.25, 0.3) is 0 Å². The van der Waals surface area contributed by atoms with Gasteiger partial charge in [0.15, 0.2) is 5.78 Å². The van der Waals surface area contributed by atoms with Gasteiger partial charge in [-0.25, -0.2) is 8.78 Å². The first-order valence-electron chi connectivity index (χ1n) is 8.00. The fraction of sp³-hybridized carbons (Fsp3) is 0.211. The maximum absolute atomic E-state index is 13.8. The summed E-state index contributed by atoms with van der Waals surface area (Å²) >= 11 is 0. The largest absolute Gasteiger partial charge is 0.469 e. The molecule has 142 valence electrons. The van der Waals surface area contributed by atoms with E-state index < -0.39 is 29.6 Å². The normalized spacial score (nSPS) is 11.4. The third-order valence-electron chi connectivity index (χ3n) is 3.74. The molecule has 0 aromatic heterocycles. The van der Waals surface area contributed by atoms with Gasteiger partial charge in [-0.05, 0) is 43.3 Å². The van der Waals surface area contributed by atoms with Gasteiger partial charge in [-0.15, -0.1) is 0 Å². The number of hydrogen-bond acceptors (Lipinski definition) is 5. The van der Waals surface area contributed by atoms with Gasteiger partial charge >= 0.3 is 5.97 Å². The van der Waals surface area contributed by atoms with Crippen LogP contribution in [0.3, 0.4) is 0 Å². The summed E-state index contributed by atoms with van der Waals surface area (Å²) in [6.45, 7) is 1.42. The van der Waals surface area contributed by atoms with Gasteiger partial charge in [-0.3, -0.25) is 14.4 Å². The Morgan fingerprint density at radius 3 is 2.30 bits per heavy atom. The summed E-state index contributed by atoms with van der Waals surface area (Å²) < 4.78 is 31.3. The van der Waals surface area contributed by atoms with E-state index in [0.717, 1.165) is 12.1 Å². The monoisotopic (exact) mass is 376 g/mol.